The Hall–Kier alpha value is -3.02. The zero-order valence-corrected chi connectivity index (χ0v) is 13.0. The summed E-state index contributed by atoms with van der Waals surface area (Å²) in [5.74, 6) is -0.501. The van der Waals surface area contributed by atoms with E-state index in [1.165, 1.54) is 11.7 Å². The minimum atomic E-state index is -0.501. The molecule has 6 heteroatoms. The average molecular weight is 309 g/mol. The fourth-order valence-corrected chi connectivity index (χ4v) is 2.71. The molecule has 0 N–H and O–H groups in total. The Bertz CT molecular complexity index is 962. The Kier molecular flexibility index (Phi) is 3.65. The second-order valence-corrected chi connectivity index (χ2v) is 5.14. The molecular formula is C17H15N3O3. The SMILES string of the molecule is COC(=O)c1c(C)nc(C)c2c(=O)n(-c3cccnc3)ccc12. The molecule has 3 rings (SSSR count). The van der Waals surface area contributed by atoms with Gasteiger partial charge in [-0.1, -0.05) is 0 Å². The van der Waals surface area contributed by atoms with Crippen molar-refractivity contribution in [3.63, 3.8) is 0 Å². The molecule has 3 heterocycles. The third-order valence-electron chi connectivity index (χ3n) is 3.73. The zero-order valence-electron chi connectivity index (χ0n) is 13.0. The van der Waals surface area contributed by atoms with E-state index in [9.17, 15) is 9.59 Å². The van der Waals surface area contributed by atoms with Gasteiger partial charge in [0, 0.05) is 17.8 Å². The maximum absolute atomic E-state index is 12.9. The predicted molar refractivity (Wildman–Crippen MR) is 85.9 cm³/mol. The summed E-state index contributed by atoms with van der Waals surface area (Å²) in [6, 6.07) is 5.28. The van der Waals surface area contributed by atoms with Crippen LogP contribution in [0.1, 0.15) is 21.7 Å². The van der Waals surface area contributed by atoms with E-state index in [-0.39, 0.29) is 5.56 Å². The Morgan fingerprint density at radius 2 is 2.00 bits per heavy atom. The number of carbonyl (C=O) groups excluding carboxylic acids is 1. The van der Waals surface area contributed by atoms with Gasteiger partial charge >= 0.3 is 5.97 Å². The molecule has 0 aromatic carbocycles. The number of methoxy groups -OCH3 is 1. The van der Waals surface area contributed by atoms with Gasteiger partial charge in [-0.3, -0.25) is 19.3 Å². The number of hydrogen-bond acceptors (Lipinski definition) is 5. The summed E-state index contributed by atoms with van der Waals surface area (Å²) in [6.45, 7) is 3.48. The van der Waals surface area contributed by atoms with Gasteiger partial charge in [-0.15, -0.1) is 0 Å². The zero-order chi connectivity index (χ0) is 16.6. The van der Waals surface area contributed by atoms with Crippen molar-refractivity contribution in [3.05, 3.63) is 64.1 Å². The van der Waals surface area contributed by atoms with E-state index in [1.54, 1.807) is 50.6 Å². The topological polar surface area (TPSA) is 74.1 Å². The Labute approximate surface area is 132 Å². The van der Waals surface area contributed by atoms with Gasteiger partial charge in [-0.05, 0) is 32.0 Å². The third-order valence-corrected chi connectivity index (χ3v) is 3.73. The third kappa shape index (κ3) is 2.38. The van der Waals surface area contributed by atoms with Crippen LogP contribution in [0.4, 0.5) is 0 Å². The average Bonchev–Trinajstić information content (AvgIpc) is 2.55. The Balaban J connectivity index is 2.40. The van der Waals surface area contributed by atoms with Crippen LogP contribution in [-0.4, -0.2) is 27.6 Å². The molecule has 0 atom stereocenters. The van der Waals surface area contributed by atoms with Crippen molar-refractivity contribution in [1.29, 1.82) is 0 Å². The second kappa shape index (κ2) is 5.64. The van der Waals surface area contributed by atoms with Crippen molar-refractivity contribution in [1.82, 2.24) is 14.5 Å². The molecule has 0 radical (unpaired) electrons. The van der Waals surface area contributed by atoms with Crippen LogP contribution >= 0.6 is 0 Å². The second-order valence-electron chi connectivity index (χ2n) is 5.14. The molecule has 0 aliphatic rings. The monoisotopic (exact) mass is 309 g/mol. The molecule has 3 aromatic heterocycles. The highest BCUT2D eigenvalue weighted by atomic mass is 16.5. The van der Waals surface area contributed by atoms with Crippen molar-refractivity contribution < 1.29 is 9.53 Å². The standard InChI is InChI=1S/C17H15N3O3/c1-10-14-13(15(11(2)19-10)17(22)23-3)6-8-20(16(14)21)12-5-4-7-18-9-12/h4-9H,1-3H3. The molecule has 0 amide bonds. The first-order valence-electron chi connectivity index (χ1n) is 7.06. The minimum absolute atomic E-state index is 0.245. The number of pyridine rings is 3. The molecule has 0 spiro atoms. The summed E-state index contributed by atoms with van der Waals surface area (Å²) in [6.07, 6.45) is 4.87. The van der Waals surface area contributed by atoms with E-state index in [0.717, 1.165) is 0 Å². The van der Waals surface area contributed by atoms with Gasteiger partial charge < -0.3 is 4.74 Å². The number of ether oxygens (including phenoxy) is 1. The molecule has 0 unspecified atom stereocenters. The van der Waals surface area contributed by atoms with Crippen LogP contribution in [0.3, 0.4) is 0 Å². The normalized spacial score (nSPS) is 10.7. The number of fused-ring (bicyclic) bond motifs is 1. The van der Waals surface area contributed by atoms with E-state index < -0.39 is 5.97 Å². The fraction of sp³-hybridized carbons (Fsp3) is 0.176. The number of rotatable bonds is 2. The first-order valence-corrected chi connectivity index (χ1v) is 7.06. The van der Waals surface area contributed by atoms with Gasteiger partial charge in [0.2, 0.25) is 0 Å². The maximum Gasteiger partial charge on any atom is 0.340 e. The van der Waals surface area contributed by atoms with Crippen LogP contribution in [0.2, 0.25) is 0 Å². The number of nitrogens with zero attached hydrogens (tertiary/aromatic N) is 3. The Morgan fingerprint density at radius 3 is 2.65 bits per heavy atom. The lowest BCUT2D eigenvalue weighted by Crippen LogP contribution is -2.21. The summed E-state index contributed by atoms with van der Waals surface area (Å²) in [7, 11) is 1.31. The van der Waals surface area contributed by atoms with Gasteiger partial charge in [0.05, 0.1) is 41.3 Å². The largest absolute Gasteiger partial charge is 0.465 e. The minimum Gasteiger partial charge on any atom is -0.465 e. The molecule has 0 bridgehead atoms. The summed E-state index contributed by atoms with van der Waals surface area (Å²) < 4.78 is 6.31. The van der Waals surface area contributed by atoms with Crippen LogP contribution in [0.15, 0.2) is 41.6 Å². The van der Waals surface area contributed by atoms with Crippen LogP contribution in [-0.2, 0) is 4.74 Å². The van der Waals surface area contributed by atoms with Gasteiger partial charge in [0.25, 0.3) is 5.56 Å². The van der Waals surface area contributed by atoms with Crippen molar-refractivity contribution in [3.8, 4) is 5.69 Å². The van der Waals surface area contributed by atoms with Crippen molar-refractivity contribution >= 4 is 16.7 Å². The van der Waals surface area contributed by atoms with Crippen LogP contribution in [0.5, 0.6) is 0 Å². The number of esters is 1. The lowest BCUT2D eigenvalue weighted by molar-refractivity contribution is 0.0601. The maximum atomic E-state index is 12.9. The molecule has 23 heavy (non-hydrogen) atoms. The highest BCUT2D eigenvalue weighted by Gasteiger charge is 2.19. The summed E-state index contributed by atoms with van der Waals surface area (Å²) in [5.41, 5.74) is 1.85. The van der Waals surface area contributed by atoms with Crippen molar-refractivity contribution in [2.45, 2.75) is 13.8 Å². The molecule has 0 aliphatic heterocycles. The summed E-state index contributed by atoms with van der Waals surface area (Å²) in [5, 5.41) is 0.953. The first-order chi connectivity index (χ1) is 11.0. The van der Waals surface area contributed by atoms with Crippen molar-refractivity contribution in [2.75, 3.05) is 7.11 Å². The van der Waals surface area contributed by atoms with Gasteiger partial charge in [-0.25, -0.2) is 4.79 Å². The van der Waals surface area contributed by atoms with Crippen molar-refractivity contribution in [2.24, 2.45) is 0 Å². The lowest BCUT2D eigenvalue weighted by atomic mass is 10.0. The molecule has 6 nitrogen and oxygen atoms in total. The van der Waals surface area contributed by atoms with Gasteiger partial charge in [0.1, 0.15) is 0 Å². The van der Waals surface area contributed by atoms with E-state index in [1.807, 2.05) is 0 Å². The van der Waals surface area contributed by atoms with Crippen LogP contribution < -0.4 is 5.56 Å². The van der Waals surface area contributed by atoms with Crippen LogP contribution in [0.25, 0.3) is 16.5 Å². The molecular weight excluding hydrogens is 294 g/mol. The first kappa shape index (κ1) is 14.9. The quantitative estimate of drug-likeness (QED) is 0.678. The van der Waals surface area contributed by atoms with Crippen LogP contribution in [0, 0.1) is 13.8 Å². The summed E-state index contributed by atoms with van der Waals surface area (Å²) >= 11 is 0. The number of aryl methyl sites for hydroxylation is 2. The van der Waals surface area contributed by atoms with E-state index in [0.29, 0.717) is 33.4 Å². The van der Waals surface area contributed by atoms with Gasteiger partial charge in [-0.2, -0.15) is 0 Å². The fourth-order valence-electron chi connectivity index (χ4n) is 2.71. The molecule has 116 valence electrons. The highest BCUT2D eigenvalue weighted by Crippen LogP contribution is 2.22. The summed E-state index contributed by atoms with van der Waals surface area (Å²) in [4.78, 5) is 33.3. The van der Waals surface area contributed by atoms with E-state index in [4.69, 9.17) is 4.74 Å². The lowest BCUT2D eigenvalue weighted by Gasteiger charge is -2.12. The van der Waals surface area contributed by atoms with Gasteiger partial charge in [0.15, 0.2) is 0 Å². The molecule has 0 fully saturated rings. The number of aromatic nitrogens is 3. The highest BCUT2D eigenvalue weighted by molar-refractivity contribution is 6.05. The molecule has 0 aliphatic carbocycles. The molecule has 0 saturated heterocycles. The smallest absolute Gasteiger partial charge is 0.340 e. The predicted octanol–water partition coefficient (Wildman–Crippen LogP) is 2.18. The number of hydrogen-bond donors (Lipinski definition) is 0. The van der Waals surface area contributed by atoms with E-state index in [2.05, 4.69) is 9.97 Å². The molecule has 3 aromatic rings. The number of carbonyl (C=O) groups is 1. The Morgan fingerprint density at radius 1 is 1.22 bits per heavy atom. The molecule has 0 saturated carbocycles. The van der Waals surface area contributed by atoms with E-state index >= 15 is 0 Å².